The van der Waals surface area contributed by atoms with Crippen molar-refractivity contribution in [1.82, 2.24) is 0 Å². The Morgan fingerprint density at radius 2 is 2.00 bits per heavy atom. The third kappa shape index (κ3) is 2.54. The summed E-state index contributed by atoms with van der Waals surface area (Å²) in [6.07, 6.45) is 0. The highest BCUT2D eigenvalue weighted by Crippen LogP contribution is 2.19. The average Bonchev–Trinajstić information content (AvgIpc) is 2.03. The minimum absolute atomic E-state index is 0.0750. The molecule has 0 unspecified atom stereocenters. The zero-order chi connectivity index (χ0) is 9.84. The van der Waals surface area contributed by atoms with Crippen LogP contribution in [-0.2, 0) is 6.54 Å². The summed E-state index contributed by atoms with van der Waals surface area (Å²) in [6.45, 7) is 4.01. The van der Waals surface area contributed by atoms with E-state index in [0.717, 1.165) is 11.1 Å². The van der Waals surface area contributed by atoms with E-state index in [-0.39, 0.29) is 11.5 Å². The van der Waals surface area contributed by atoms with Gasteiger partial charge in [0, 0.05) is 10.5 Å². The van der Waals surface area contributed by atoms with E-state index in [1.807, 2.05) is 38.1 Å². The lowest BCUT2D eigenvalue weighted by molar-refractivity contribution is -0.496. The Bertz CT molecular complexity index is 308. The maximum absolute atomic E-state index is 10.3. The summed E-state index contributed by atoms with van der Waals surface area (Å²) in [5.74, 6) is 0.344. The number of hydrogen-bond donors (Lipinski definition) is 0. The van der Waals surface area contributed by atoms with Crippen molar-refractivity contribution < 1.29 is 4.92 Å². The maximum Gasteiger partial charge on any atom is 0.229 e. The van der Waals surface area contributed by atoms with Gasteiger partial charge in [-0.05, 0) is 11.5 Å². The normalized spacial score (nSPS) is 10.4. The van der Waals surface area contributed by atoms with Gasteiger partial charge in [-0.25, -0.2) is 0 Å². The maximum atomic E-state index is 10.3. The summed E-state index contributed by atoms with van der Waals surface area (Å²) in [6, 6.07) is 7.52. The third-order valence-corrected chi connectivity index (χ3v) is 1.98. The van der Waals surface area contributed by atoms with Gasteiger partial charge < -0.3 is 0 Å². The molecule has 1 aromatic carbocycles. The molecule has 3 heteroatoms. The fourth-order valence-electron chi connectivity index (χ4n) is 1.38. The molecule has 0 heterocycles. The SMILES string of the molecule is CC(C)c1ccccc1C[N+](=O)[O-]. The van der Waals surface area contributed by atoms with Crippen LogP contribution in [0.4, 0.5) is 0 Å². The molecule has 13 heavy (non-hydrogen) atoms. The minimum atomic E-state index is -0.290. The average molecular weight is 179 g/mol. The quantitative estimate of drug-likeness (QED) is 0.528. The highest BCUT2D eigenvalue weighted by molar-refractivity contribution is 5.28. The van der Waals surface area contributed by atoms with Gasteiger partial charge in [-0.3, -0.25) is 10.1 Å². The van der Waals surface area contributed by atoms with Gasteiger partial charge in [0.1, 0.15) is 0 Å². The molecule has 0 fully saturated rings. The van der Waals surface area contributed by atoms with Crippen LogP contribution < -0.4 is 0 Å². The monoisotopic (exact) mass is 179 g/mol. The number of nitro groups is 1. The molecule has 0 radical (unpaired) electrons. The topological polar surface area (TPSA) is 43.1 Å². The van der Waals surface area contributed by atoms with E-state index < -0.39 is 0 Å². The molecule has 0 spiro atoms. The molecule has 0 amide bonds. The van der Waals surface area contributed by atoms with Crippen LogP contribution in [0.1, 0.15) is 30.9 Å². The number of nitrogens with zero attached hydrogens (tertiary/aromatic N) is 1. The van der Waals surface area contributed by atoms with Crippen molar-refractivity contribution in [3.63, 3.8) is 0 Å². The third-order valence-electron chi connectivity index (χ3n) is 1.98. The zero-order valence-electron chi connectivity index (χ0n) is 7.86. The number of benzene rings is 1. The predicted octanol–water partition coefficient (Wildman–Crippen LogP) is 2.59. The Kier molecular flexibility index (Phi) is 3.01. The van der Waals surface area contributed by atoms with E-state index in [1.165, 1.54) is 0 Å². The van der Waals surface area contributed by atoms with Gasteiger partial charge in [0.05, 0.1) is 0 Å². The Morgan fingerprint density at radius 3 is 2.54 bits per heavy atom. The molecule has 0 saturated heterocycles. The van der Waals surface area contributed by atoms with Crippen molar-refractivity contribution >= 4 is 0 Å². The fourth-order valence-corrected chi connectivity index (χ4v) is 1.38. The van der Waals surface area contributed by atoms with Gasteiger partial charge in [-0.15, -0.1) is 0 Å². The predicted molar refractivity (Wildman–Crippen MR) is 51.2 cm³/mol. The van der Waals surface area contributed by atoms with Gasteiger partial charge in [0.2, 0.25) is 6.54 Å². The van der Waals surface area contributed by atoms with Crippen molar-refractivity contribution in [3.05, 3.63) is 45.5 Å². The molecule has 70 valence electrons. The lowest BCUT2D eigenvalue weighted by Crippen LogP contribution is -2.03. The van der Waals surface area contributed by atoms with E-state index in [0.29, 0.717) is 5.92 Å². The van der Waals surface area contributed by atoms with E-state index in [4.69, 9.17) is 0 Å². The van der Waals surface area contributed by atoms with Crippen molar-refractivity contribution in [1.29, 1.82) is 0 Å². The molecule has 1 aromatic rings. The van der Waals surface area contributed by atoms with Gasteiger partial charge in [-0.2, -0.15) is 0 Å². The van der Waals surface area contributed by atoms with E-state index in [1.54, 1.807) is 0 Å². The van der Waals surface area contributed by atoms with Crippen molar-refractivity contribution in [2.45, 2.75) is 26.3 Å². The first-order chi connectivity index (χ1) is 6.11. The number of rotatable bonds is 3. The second-order valence-corrected chi connectivity index (χ2v) is 3.34. The van der Waals surface area contributed by atoms with Crippen LogP contribution in [0.5, 0.6) is 0 Å². The van der Waals surface area contributed by atoms with Crippen LogP contribution in [0.2, 0.25) is 0 Å². The van der Waals surface area contributed by atoms with Crippen molar-refractivity contribution in [2.24, 2.45) is 0 Å². The first kappa shape index (κ1) is 9.71. The summed E-state index contributed by atoms with van der Waals surface area (Å²) in [5.41, 5.74) is 1.89. The molecule has 0 saturated carbocycles. The summed E-state index contributed by atoms with van der Waals surface area (Å²) in [5, 5.41) is 10.3. The van der Waals surface area contributed by atoms with Crippen LogP contribution >= 0.6 is 0 Å². The molecule has 0 aliphatic carbocycles. The molecule has 0 aromatic heterocycles. The molecule has 1 rings (SSSR count). The second-order valence-electron chi connectivity index (χ2n) is 3.34. The Balaban J connectivity index is 2.97. The van der Waals surface area contributed by atoms with Crippen LogP contribution in [0.25, 0.3) is 0 Å². The van der Waals surface area contributed by atoms with Gasteiger partial charge in [0.25, 0.3) is 0 Å². The first-order valence-electron chi connectivity index (χ1n) is 4.31. The molecule has 0 aliphatic rings. The molecule has 0 atom stereocenters. The zero-order valence-corrected chi connectivity index (χ0v) is 7.86. The van der Waals surface area contributed by atoms with Crippen molar-refractivity contribution in [3.8, 4) is 0 Å². The highest BCUT2D eigenvalue weighted by atomic mass is 16.6. The van der Waals surface area contributed by atoms with Crippen LogP contribution in [0.3, 0.4) is 0 Å². The van der Waals surface area contributed by atoms with E-state index >= 15 is 0 Å². The summed E-state index contributed by atoms with van der Waals surface area (Å²) >= 11 is 0. The molecular weight excluding hydrogens is 166 g/mol. The van der Waals surface area contributed by atoms with E-state index in [2.05, 4.69) is 0 Å². The molecule has 3 nitrogen and oxygen atoms in total. The van der Waals surface area contributed by atoms with Gasteiger partial charge in [-0.1, -0.05) is 38.1 Å². The Morgan fingerprint density at radius 1 is 1.38 bits per heavy atom. The lowest BCUT2D eigenvalue weighted by Gasteiger charge is -2.08. The highest BCUT2D eigenvalue weighted by Gasteiger charge is 2.09. The summed E-state index contributed by atoms with van der Waals surface area (Å²) in [7, 11) is 0. The lowest BCUT2D eigenvalue weighted by atomic mass is 9.97. The Hall–Kier alpha value is -1.38. The van der Waals surface area contributed by atoms with E-state index in [9.17, 15) is 10.1 Å². The van der Waals surface area contributed by atoms with Crippen LogP contribution in [0.15, 0.2) is 24.3 Å². The molecule has 0 aliphatic heterocycles. The molecule has 0 N–H and O–H groups in total. The Labute approximate surface area is 77.5 Å². The molecular formula is C10H13NO2. The smallest absolute Gasteiger partial charge is 0.229 e. The van der Waals surface area contributed by atoms with Crippen LogP contribution in [0, 0.1) is 10.1 Å². The van der Waals surface area contributed by atoms with Gasteiger partial charge in [0.15, 0.2) is 0 Å². The molecule has 0 bridgehead atoms. The fraction of sp³-hybridized carbons (Fsp3) is 0.400. The summed E-state index contributed by atoms with van der Waals surface area (Å²) < 4.78 is 0. The second kappa shape index (κ2) is 4.03. The first-order valence-corrected chi connectivity index (χ1v) is 4.31. The number of hydrogen-bond acceptors (Lipinski definition) is 2. The summed E-state index contributed by atoms with van der Waals surface area (Å²) in [4.78, 5) is 10.1. The van der Waals surface area contributed by atoms with Crippen molar-refractivity contribution in [2.75, 3.05) is 0 Å². The minimum Gasteiger partial charge on any atom is -0.264 e. The standard InChI is InChI=1S/C10H13NO2/c1-8(2)10-6-4-3-5-9(10)7-11(12)13/h3-6,8H,7H2,1-2H3. The largest absolute Gasteiger partial charge is 0.264 e. The van der Waals surface area contributed by atoms with Crippen LogP contribution in [-0.4, -0.2) is 4.92 Å². The van der Waals surface area contributed by atoms with Gasteiger partial charge >= 0.3 is 0 Å².